The Morgan fingerprint density at radius 3 is 1.57 bits per heavy atom. The molecule has 0 aliphatic carbocycles. The molecule has 0 aliphatic rings. The van der Waals surface area contributed by atoms with Crippen LogP contribution in [-0.4, -0.2) is 35.6 Å². The topological polar surface area (TPSA) is 68.2 Å². The second kappa shape index (κ2) is 5.67. The minimum absolute atomic E-state index is 0.141. The van der Waals surface area contributed by atoms with Gasteiger partial charge in [-0.1, -0.05) is 0 Å². The summed E-state index contributed by atoms with van der Waals surface area (Å²) in [6.07, 6.45) is -0.282. The van der Waals surface area contributed by atoms with E-state index in [-0.39, 0.29) is 12.2 Å². The Labute approximate surface area is 85.2 Å². The first-order valence-corrected chi connectivity index (χ1v) is 4.65. The highest BCUT2D eigenvalue weighted by atomic mass is 16.9. The molecule has 0 saturated heterocycles. The molecule has 0 aromatic rings. The van der Waals surface area contributed by atoms with Gasteiger partial charge in [0.05, 0.1) is 12.2 Å². The van der Waals surface area contributed by atoms with E-state index in [9.17, 15) is 0 Å². The largest absolute Gasteiger partial charge is 0.637 e. The van der Waals surface area contributed by atoms with E-state index in [0.29, 0.717) is 0 Å². The van der Waals surface area contributed by atoms with Crippen LogP contribution in [0.3, 0.4) is 0 Å². The summed E-state index contributed by atoms with van der Waals surface area (Å²) < 4.78 is 15.3. The molecular weight excluding hydrogens is 187 g/mol. The Hall–Kier alpha value is -0.135. The number of rotatable bonds is 6. The quantitative estimate of drug-likeness (QED) is 0.489. The molecule has 84 valence electrons. The summed E-state index contributed by atoms with van der Waals surface area (Å²) in [5.74, 6) is -1.43. The summed E-state index contributed by atoms with van der Waals surface area (Å²) in [6.45, 7) is 8.70. The summed E-state index contributed by atoms with van der Waals surface area (Å²) >= 11 is 0. The van der Waals surface area contributed by atoms with Gasteiger partial charge >= 0.3 is 7.32 Å². The zero-order valence-corrected chi connectivity index (χ0v) is 9.35. The molecule has 0 fully saturated rings. The Morgan fingerprint density at radius 1 is 1.00 bits per heavy atom. The molecule has 14 heavy (non-hydrogen) atoms. The van der Waals surface area contributed by atoms with E-state index in [2.05, 4.69) is 0 Å². The summed E-state index contributed by atoms with van der Waals surface area (Å²) in [5.41, 5.74) is 0. The highest BCUT2D eigenvalue weighted by molar-refractivity contribution is 6.32. The van der Waals surface area contributed by atoms with E-state index in [1.165, 1.54) is 6.92 Å². The summed E-state index contributed by atoms with van der Waals surface area (Å²) in [5, 5.41) is 17.4. The minimum Gasteiger partial charge on any atom is -0.402 e. The van der Waals surface area contributed by atoms with Crippen LogP contribution >= 0.6 is 0 Å². The molecular formula is C8H19BO5. The van der Waals surface area contributed by atoms with Crippen LogP contribution in [0.5, 0.6) is 0 Å². The average molecular weight is 206 g/mol. The third-order valence-electron chi connectivity index (χ3n) is 1.22. The molecule has 0 amide bonds. The Balaban J connectivity index is 4.32. The molecule has 0 aromatic heterocycles. The lowest BCUT2D eigenvalue weighted by Crippen LogP contribution is -2.44. The predicted molar refractivity (Wildman–Crippen MR) is 52.1 cm³/mol. The van der Waals surface area contributed by atoms with Crippen LogP contribution in [0.1, 0.15) is 34.6 Å². The Bertz CT molecular complexity index is 133. The minimum atomic E-state index is -1.92. The molecule has 0 bridgehead atoms. The molecule has 2 N–H and O–H groups in total. The van der Waals surface area contributed by atoms with Crippen LogP contribution in [-0.2, 0) is 14.1 Å². The maximum Gasteiger partial charge on any atom is 0.637 e. The van der Waals surface area contributed by atoms with Crippen molar-refractivity contribution in [2.75, 3.05) is 0 Å². The van der Waals surface area contributed by atoms with Gasteiger partial charge in [0.1, 0.15) is 0 Å². The predicted octanol–water partition coefficient (Wildman–Crippen LogP) is 0.496. The molecule has 0 radical (unpaired) electrons. The second-order valence-electron chi connectivity index (χ2n) is 3.64. The lowest BCUT2D eigenvalue weighted by atomic mass is 10.2. The van der Waals surface area contributed by atoms with Crippen molar-refractivity contribution < 1.29 is 24.2 Å². The van der Waals surface area contributed by atoms with Gasteiger partial charge in [-0.2, -0.15) is 0 Å². The lowest BCUT2D eigenvalue weighted by Gasteiger charge is -2.33. The van der Waals surface area contributed by atoms with E-state index in [0.717, 1.165) is 0 Å². The van der Waals surface area contributed by atoms with Gasteiger partial charge in [-0.3, -0.25) is 0 Å². The van der Waals surface area contributed by atoms with Crippen LogP contribution in [0.25, 0.3) is 0 Å². The Morgan fingerprint density at radius 2 is 1.36 bits per heavy atom. The summed E-state index contributed by atoms with van der Waals surface area (Å²) in [4.78, 5) is 0. The number of hydrogen-bond acceptors (Lipinski definition) is 5. The third kappa shape index (κ3) is 6.34. The highest BCUT2D eigenvalue weighted by Gasteiger charge is 2.34. The first-order chi connectivity index (χ1) is 6.25. The van der Waals surface area contributed by atoms with E-state index < -0.39 is 13.3 Å². The number of ether oxygens (including phenoxy) is 2. The van der Waals surface area contributed by atoms with Gasteiger partial charge in [0, 0.05) is 6.92 Å². The average Bonchev–Trinajstić information content (AvgIpc) is 1.76. The van der Waals surface area contributed by atoms with E-state index in [4.69, 9.17) is 24.2 Å². The van der Waals surface area contributed by atoms with Gasteiger partial charge in [0.25, 0.3) is 5.97 Å². The molecule has 0 saturated carbocycles. The van der Waals surface area contributed by atoms with E-state index >= 15 is 0 Å². The fourth-order valence-corrected chi connectivity index (χ4v) is 1.13. The molecule has 0 rings (SSSR count). The molecule has 6 heteroatoms. The molecule has 5 nitrogen and oxygen atoms in total. The molecule has 0 aromatic carbocycles. The third-order valence-corrected chi connectivity index (χ3v) is 1.22. The fraction of sp³-hybridized carbons (Fsp3) is 1.00. The SMILES string of the molecule is CC(C)OC(C)(OB(O)O)OC(C)C. The van der Waals surface area contributed by atoms with Crippen LogP contribution < -0.4 is 0 Å². The highest BCUT2D eigenvalue weighted by Crippen LogP contribution is 2.19. The van der Waals surface area contributed by atoms with Gasteiger partial charge in [-0.15, -0.1) is 0 Å². The molecule has 0 spiro atoms. The molecule has 0 unspecified atom stereocenters. The fourth-order valence-electron chi connectivity index (χ4n) is 1.13. The zero-order valence-electron chi connectivity index (χ0n) is 9.35. The van der Waals surface area contributed by atoms with Crippen molar-refractivity contribution in [2.24, 2.45) is 0 Å². The summed E-state index contributed by atoms with van der Waals surface area (Å²) in [6, 6.07) is 0. The van der Waals surface area contributed by atoms with Crippen LogP contribution in [0, 0.1) is 0 Å². The lowest BCUT2D eigenvalue weighted by molar-refractivity contribution is -0.364. The van der Waals surface area contributed by atoms with Gasteiger partial charge in [0.15, 0.2) is 0 Å². The standard InChI is InChI=1S/C8H19BO5/c1-6(2)12-8(5,13-7(3)4)14-9(10)11/h6-7,10-11H,1-5H3. The van der Waals surface area contributed by atoms with Gasteiger partial charge in [0.2, 0.25) is 0 Å². The smallest absolute Gasteiger partial charge is 0.402 e. The monoisotopic (exact) mass is 206 g/mol. The van der Waals surface area contributed by atoms with Crippen molar-refractivity contribution in [2.45, 2.75) is 52.8 Å². The van der Waals surface area contributed by atoms with Gasteiger partial charge in [-0.05, 0) is 27.7 Å². The zero-order chi connectivity index (χ0) is 11.4. The second-order valence-corrected chi connectivity index (χ2v) is 3.64. The molecule has 0 atom stereocenters. The van der Waals surface area contributed by atoms with Crippen molar-refractivity contribution >= 4 is 7.32 Å². The maximum atomic E-state index is 8.69. The van der Waals surface area contributed by atoms with E-state index in [1.54, 1.807) is 27.7 Å². The molecule has 0 aliphatic heterocycles. The van der Waals surface area contributed by atoms with Crippen molar-refractivity contribution in [3.8, 4) is 0 Å². The molecule has 0 heterocycles. The Kier molecular flexibility index (Phi) is 5.62. The van der Waals surface area contributed by atoms with Crippen molar-refractivity contribution in [1.82, 2.24) is 0 Å². The van der Waals surface area contributed by atoms with Gasteiger partial charge in [-0.25, -0.2) is 0 Å². The van der Waals surface area contributed by atoms with Gasteiger partial charge < -0.3 is 24.2 Å². The maximum absolute atomic E-state index is 8.69. The first-order valence-electron chi connectivity index (χ1n) is 4.65. The van der Waals surface area contributed by atoms with E-state index in [1.807, 2.05) is 0 Å². The number of hydrogen-bond donors (Lipinski definition) is 2. The van der Waals surface area contributed by atoms with Crippen molar-refractivity contribution in [1.29, 1.82) is 0 Å². The van der Waals surface area contributed by atoms with Crippen LogP contribution in [0.4, 0.5) is 0 Å². The van der Waals surface area contributed by atoms with Crippen LogP contribution in [0.15, 0.2) is 0 Å². The van der Waals surface area contributed by atoms with Crippen molar-refractivity contribution in [3.05, 3.63) is 0 Å². The van der Waals surface area contributed by atoms with Crippen molar-refractivity contribution in [3.63, 3.8) is 0 Å². The summed E-state index contributed by atoms with van der Waals surface area (Å²) in [7, 11) is -1.92. The first kappa shape index (κ1) is 13.9. The normalized spacial score (nSPS) is 12.6. The van der Waals surface area contributed by atoms with Crippen LogP contribution in [0.2, 0.25) is 0 Å².